The Bertz CT molecular complexity index is 658. The van der Waals surface area contributed by atoms with E-state index < -0.39 is 8.24 Å². The van der Waals surface area contributed by atoms with Crippen molar-refractivity contribution in [2.45, 2.75) is 39.5 Å². The second kappa shape index (κ2) is 4.90. The number of fused-ring (bicyclic) bond motifs is 1. The standard InChI is InChI=1S/C14H21N5OSi/c1-9(2)10-6-20-14(18-10)12-11-13(16-7-15-11)17-8-19(12)21(3,4)5/h7-10H,6H2,1-5H3. The van der Waals surface area contributed by atoms with Crippen LogP contribution in [0.1, 0.15) is 19.5 Å². The lowest BCUT2D eigenvalue weighted by Crippen LogP contribution is -2.36. The van der Waals surface area contributed by atoms with Crippen LogP contribution in [0.4, 0.5) is 0 Å². The van der Waals surface area contributed by atoms with E-state index in [1.54, 1.807) is 6.33 Å². The summed E-state index contributed by atoms with van der Waals surface area (Å²) in [5.41, 5.74) is 1.71. The summed E-state index contributed by atoms with van der Waals surface area (Å²) >= 11 is 0. The molecule has 0 N–H and O–H groups in total. The first-order chi connectivity index (χ1) is 9.88. The third-order valence-electron chi connectivity index (χ3n) is 3.71. The molecule has 0 aromatic carbocycles. The number of rotatable bonds is 3. The normalized spacial score (nSPS) is 19.1. The van der Waals surface area contributed by atoms with Gasteiger partial charge in [-0.1, -0.05) is 33.5 Å². The van der Waals surface area contributed by atoms with Crippen molar-refractivity contribution in [1.82, 2.24) is 19.2 Å². The van der Waals surface area contributed by atoms with Crippen molar-refractivity contribution in [3.8, 4) is 11.5 Å². The van der Waals surface area contributed by atoms with Crippen LogP contribution in [0, 0.1) is 5.92 Å². The topological polar surface area (TPSA) is 65.2 Å². The van der Waals surface area contributed by atoms with E-state index in [2.05, 4.69) is 52.7 Å². The Hall–Kier alpha value is -1.76. The predicted molar refractivity (Wildman–Crippen MR) is 84.3 cm³/mol. The van der Waals surface area contributed by atoms with Crippen LogP contribution in [0.15, 0.2) is 17.6 Å². The highest BCUT2D eigenvalue weighted by molar-refractivity contribution is 6.74. The van der Waals surface area contributed by atoms with Gasteiger partial charge in [-0.05, 0) is 5.92 Å². The number of nitrogens with zero attached hydrogens (tertiary/aromatic N) is 5. The summed E-state index contributed by atoms with van der Waals surface area (Å²) in [7, 11) is -1.66. The lowest BCUT2D eigenvalue weighted by Gasteiger charge is -2.25. The molecule has 0 radical (unpaired) electrons. The average Bonchev–Trinajstić information content (AvgIpc) is 3.05. The van der Waals surface area contributed by atoms with E-state index in [9.17, 15) is 0 Å². The molecule has 1 unspecified atom stereocenters. The van der Waals surface area contributed by atoms with Gasteiger partial charge in [-0.25, -0.2) is 19.9 Å². The largest absolute Gasteiger partial charge is 0.474 e. The second-order valence-corrected chi connectivity index (χ2v) is 11.6. The van der Waals surface area contributed by atoms with Crippen LogP contribution >= 0.6 is 0 Å². The zero-order valence-electron chi connectivity index (χ0n) is 13.2. The molecular formula is C14H21N5OSi. The van der Waals surface area contributed by atoms with Gasteiger partial charge in [-0.2, -0.15) is 0 Å². The fraction of sp³-hybridized carbons (Fsp3) is 0.571. The van der Waals surface area contributed by atoms with Gasteiger partial charge in [-0.15, -0.1) is 0 Å². The molecule has 0 aromatic heterocycles. The van der Waals surface area contributed by atoms with Gasteiger partial charge >= 0.3 is 0 Å². The first kappa shape index (κ1) is 14.2. The molecule has 3 rings (SSSR count). The molecule has 0 spiro atoms. The summed E-state index contributed by atoms with van der Waals surface area (Å²) in [5, 5.41) is 0. The molecule has 0 fully saturated rings. The van der Waals surface area contributed by atoms with E-state index in [4.69, 9.17) is 9.73 Å². The Morgan fingerprint density at radius 1 is 1.24 bits per heavy atom. The van der Waals surface area contributed by atoms with Crippen LogP contribution in [0.3, 0.4) is 0 Å². The van der Waals surface area contributed by atoms with Gasteiger partial charge in [0.25, 0.3) is 0 Å². The Balaban J connectivity index is 2.17. The van der Waals surface area contributed by atoms with E-state index in [0.717, 1.165) is 11.4 Å². The van der Waals surface area contributed by atoms with Crippen LogP contribution in [0.5, 0.6) is 0 Å². The maximum Gasteiger partial charge on any atom is 0.235 e. The molecule has 112 valence electrons. The highest BCUT2D eigenvalue weighted by atomic mass is 28.3. The van der Waals surface area contributed by atoms with Crippen molar-refractivity contribution in [1.29, 1.82) is 0 Å². The van der Waals surface area contributed by atoms with Gasteiger partial charge < -0.3 is 8.97 Å². The van der Waals surface area contributed by atoms with Gasteiger partial charge in [0.15, 0.2) is 14.1 Å². The quantitative estimate of drug-likeness (QED) is 0.816. The van der Waals surface area contributed by atoms with Crippen molar-refractivity contribution in [2.24, 2.45) is 10.9 Å². The summed E-state index contributed by atoms with van der Waals surface area (Å²) in [6.45, 7) is 11.7. The van der Waals surface area contributed by atoms with E-state index in [1.165, 1.54) is 0 Å². The Morgan fingerprint density at radius 2 is 2.00 bits per heavy atom. The molecule has 3 aliphatic rings. The van der Waals surface area contributed by atoms with Crippen LogP contribution in [-0.4, -0.2) is 46.0 Å². The Morgan fingerprint density at radius 3 is 2.62 bits per heavy atom. The van der Waals surface area contributed by atoms with Crippen molar-refractivity contribution < 1.29 is 4.74 Å². The van der Waals surface area contributed by atoms with Gasteiger partial charge in [0.2, 0.25) is 5.90 Å². The summed E-state index contributed by atoms with van der Waals surface area (Å²) in [5.74, 6) is 1.80. The summed E-state index contributed by atoms with van der Waals surface area (Å²) in [6.07, 6.45) is 3.40. The number of imidazole rings is 1. The molecule has 0 bridgehead atoms. The number of hydrogen-bond acceptors (Lipinski definition) is 5. The third kappa shape index (κ3) is 2.46. The van der Waals surface area contributed by atoms with Gasteiger partial charge in [0.05, 0.1) is 12.4 Å². The monoisotopic (exact) mass is 303 g/mol. The maximum absolute atomic E-state index is 5.88. The molecule has 0 aromatic rings. The molecule has 6 nitrogen and oxygen atoms in total. The predicted octanol–water partition coefficient (Wildman–Crippen LogP) is 2.26. The molecule has 3 heterocycles. The average molecular weight is 303 g/mol. The lowest BCUT2D eigenvalue weighted by atomic mass is 10.1. The summed E-state index contributed by atoms with van der Waals surface area (Å²) in [4.78, 5) is 17.7. The first-order valence-electron chi connectivity index (χ1n) is 7.27. The van der Waals surface area contributed by atoms with E-state index in [1.807, 2.05) is 6.33 Å². The van der Waals surface area contributed by atoms with Crippen molar-refractivity contribution in [3.05, 3.63) is 18.3 Å². The fourth-order valence-corrected chi connectivity index (χ4v) is 3.66. The maximum atomic E-state index is 5.88. The lowest BCUT2D eigenvalue weighted by molar-refractivity contribution is 0.291. The van der Waals surface area contributed by atoms with E-state index in [0.29, 0.717) is 24.2 Å². The second-order valence-electron chi connectivity index (χ2n) is 6.74. The molecular weight excluding hydrogens is 282 g/mol. The number of aliphatic imine (C=N–C) groups is 1. The van der Waals surface area contributed by atoms with Crippen LogP contribution in [-0.2, 0) is 4.74 Å². The van der Waals surface area contributed by atoms with Gasteiger partial charge in [-0.3, -0.25) is 0 Å². The van der Waals surface area contributed by atoms with Crippen molar-refractivity contribution in [2.75, 3.05) is 6.61 Å². The molecule has 1 atom stereocenters. The van der Waals surface area contributed by atoms with Crippen molar-refractivity contribution >= 4 is 14.1 Å². The minimum Gasteiger partial charge on any atom is -0.474 e. The van der Waals surface area contributed by atoms with Crippen LogP contribution < -0.4 is 0 Å². The number of hydrogen-bond donors (Lipinski definition) is 0. The fourth-order valence-electron chi connectivity index (χ4n) is 2.38. The SMILES string of the molecule is CC(C)C1COC(c2c3ncnc-3ncn2[Si](C)(C)C)=N1. The molecule has 21 heavy (non-hydrogen) atoms. The number of aromatic nitrogens is 4. The Kier molecular flexibility index (Phi) is 3.31. The molecule has 0 amide bonds. The van der Waals surface area contributed by atoms with E-state index in [-0.39, 0.29) is 6.04 Å². The highest BCUT2D eigenvalue weighted by Gasteiger charge is 2.32. The smallest absolute Gasteiger partial charge is 0.235 e. The minimum atomic E-state index is -1.66. The Labute approximate surface area is 125 Å². The molecule has 0 aliphatic carbocycles. The molecule has 0 saturated carbocycles. The molecule has 0 saturated heterocycles. The highest BCUT2D eigenvalue weighted by Crippen LogP contribution is 2.26. The van der Waals surface area contributed by atoms with Crippen LogP contribution in [0.25, 0.3) is 11.5 Å². The first-order valence-corrected chi connectivity index (χ1v) is 10.7. The van der Waals surface area contributed by atoms with Crippen molar-refractivity contribution in [3.63, 3.8) is 0 Å². The zero-order chi connectivity index (χ0) is 15.2. The van der Waals surface area contributed by atoms with Gasteiger partial charge in [0.1, 0.15) is 24.3 Å². The third-order valence-corrected chi connectivity index (χ3v) is 5.49. The van der Waals surface area contributed by atoms with E-state index >= 15 is 0 Å². The molecule has 7 heteroatoms. The number of ether oxygens (including phenoxy) is 1. The summed E-state index contributed by atoms with van der Waals surface area (Å²) in [6, 6.07) is 0.209. The minimum absolute atomic E-state index is 0.209. The van der Waals surface area contributed by atoms with Gasteiger partial charge in [0, 0.05) is 0 Å². The zero-order valence-corrected chi connectivity index (χ0v) is 14.2. The summed E-state index contributed by atoms with van der Waals surface area (Å²) < 4.78 is 8.08. The molecule has 3 aliphatic heterocycles. The van der Waals surface area contributed by atoms with Crippen LogP contribution in [0.2, 0.25) is 19.6 Å².